The van der Waals surface area contributed by atoms with E-state index in [9.17, 15) is 0 Å². The standard InChI is InChI=1S/C16H32N2/c1-4-17-15-10-7-9-14(15)12-18(3)16-11-6-5-8-13(16)2/h13-17H,4-12H2,1-3H3. The van der Waals surface area contributed by atoms with Gasteiger partial charge >= 0.3 is 0 Å². The highest BCUT2D eigenvalue weighted by atomic mass is 15.1. The van der Waals surface area contributed by atoms with Gasteiger partial charge in [-0.3, -0.25) is 0 Å². The fourth-order valence-electron chi connectivity index (χ4n) is 4.24. The van der Waals surface area contributed by atoms with Crippen LogP contribution in [0, 0.1) is 11.8 Å². The molecule has 0 amide bonds. The molecule has 4 unspecified atom stereocenters. The largest absolute Gasteiger partial charge is 0.314 e. The summed E-state index contributed by atoms with van der Waals surface area (Å²) in [6, 6.07) is 1.64. The summed E-state index contributed by atoms with van der Waals surface area (Å²) in [5, 5.41) is 3.69. The van der Waals surface area contributed by atoms with E-state index in [1.165, 1.54) is 51.5 Å². The van der Waals surface area contributed by atoms with E-state index in [-0.39, 0.29) is 0 Å². The van der Waals surface area contributed by atoms with E-state index in [0.29, 0.717) is 0 Å². The molecular weight excluding hydrogens is 220 g/mol. The van der Waals surface area contributed by atoms with Gasteiger partial charge in [0, 0.05) is 18.6 Å². The summed E-state index contributed by atoms with van der Waals surface area (Å²) >= 11 is 0. The van der Waals surface area contributed by atoms with E-state index in [4.69, 9.17) is 0 Å². The molecule has 0 heterocycles. The maximum Gasteiger partial charge on any atom is 0.0118 e. The fourth-order valence-corrected chi connectivity index (χ4v) is 4.24. The molecule has 2 heteroatoms. The van der Waals surface area contributed by atoms with Gasteiger partial charge in [0.2, 0.25) is 0 Å². The molecule has 1 N–H and O–H groups in total. The third-order valence-electron chi connectivity index (χ3n) is 5.28. The van der Waals surface area contributed by atoms with Gasteiger partial charge in [-0.2, -0.15) is 0 Å². The first kappa shape index (κ1) is 14.3. The molecule has 2 fully saturated rings. The molecule has 2 aliphatic rings. The Morgan fingerprint density at radius 3 is 2.56 bits per heavy atom. The third kappa shape index (κ3) is 3.48. The molecular formula is C16H32N2. The van der Waals surface area contributed by atoms with Crippen molar-refractivity contribution in [3.05, 3.63) is 0 Å². The normalized spacial score (nSPS) is 37.3. The Morgan fingerprint density at radius 1 is 1.06 bits per heavy atom. The highest BCUT2D eigenvalue weighted by Gasteiger charge is 2.31. The van der Waals surface area contributed by atoms with Crippen LogP contribution in [0.2, 0.25) is 0 Å². The predicted molar refractivity (Wildman–Crippen MR) is 78.9 cm³/mol. The lowest BCUT2D eigenvalue weighted by Gasteiger charge is -2.38. The fraction of sp³-hybridized carbons (Fsp3) is 1.00. The summed E-state index contributed by atoms with van der Waals surface area (Å²) in [5.74, 6) is 1.80. The number of hydrogen-bond acceptors (Lipinski definition) is 2. The SMILES string of the molecule is CCNC1CCCC1CN(C)C1CCCCC1C. The molecule has 0 aromatic carbocycles. The third-order valence-corrected chi connectivity index (χ3v) is 5.28. The monoisotopic (exact) mass is 252 g/mol. The number of rotatable bonds is 5. The zero-order valence-corrected chi connectivity index (χ0v) is 12.6. The first-order chi connectivity index (χ1) is 8.72. The first-order valence-corrected chi connectivity index (χ1v) is 8.16. The van der Waals surface area contributed by atoms with Crippen LogP contribution >= 0.6 is 0 Å². The second kappa shape index (κ2) is 6.91. The van der Waals surface area contributed by atoms with Crippen LogP contribution in [0.4, 0.5) is 0 Å². The van der Waals surface area contributed by atoms with Crippen LogP contribution in [0.15, 0.2) is 0 Å². The molecule has 2 aliphatic carbocycles. The average molecular weight is 252 g/mol. The van der Waals surface area contributed by atoms with E-state index in [0.717, 1.165) is 30.5 Å². The molecule has 0 radical (unpaired) electrons. The van der Waals surface area contributed by atoms with Crippen molar-refractivity contribution in [3.8, 4) is 0 Å². The molecule has 2 nitrogen and oxygen atoms in total. The van der Waals surface area contributed by atoms with E-state index in [2.05, 4.69) is 31.1 Å². The highest BCUT2D eigenvalue weighted by Crippen LogP contribution is 2.31. The van der Waals surface area contributed by atoms with E-state index in [1.807, 2.05) is 0 Å². The molecule has 0 aliphatic heterocycles. The van der Waals surface area contributed by atoms with Gasteiger partial charge in [-0.25, -0.2) is 0 Å². The first-order valence-electron chi connectivity index (χ1n) is 8.16. The molecule has 2 rings (SSSR count). The highest BCUT2D eigenvalue weighted by molar-refractivity contribution is 4.87. The summed E-state index contributed by atoms with van der Waals surface area (Å²) < 4.78 is 0. The van der Waals surface area contributed by atoms with Crippen molar-refractivity contribution < 1.29 is 0 Å². The maximum absolute atomic E-state index is 3.69. The van der Waals surface area contributed by atoms with Crippen LogP contribution < -0.4 is 5.32 Å². The summed E-state index contributed by atoms with van der Waals surface area (Å²) in [5.41, 5.74) is 0. The van der Waals surface area contributed by atoms with Crippen molar-refractivity contribution in [3.63, 3.8) is 0 Å². The Labute approximate surface area is 114 Å². The lowest BCUT2D eigenvalue weighted by atomic mass is 9.84. The molecule has 106 valence electrons. The summed E-state index contributed by atoms with van der Waals surface area (Å²) in [4.78, 5) is 2.68. The van der Waals surface area contributed by atoms with Gasteiger partial charge in [0.25, 0.3) is 0 Å². The molecule has 0 aromatic rings. The van der Waals surface area contributed by atoms with Crippen molar-refractivity contribution in [2.45, 2.75) is 70.9 Å². The summed E-state index contributed by atoms with van der Waals surface area (Å²) in [6.07, 6.45) is 10.0. The number of nitrogens with zero attached hydrogens (tertiary/aromatic N) is 1. The molecule has 0 spiro atoms. The second-order valence-electron chi connectivity index (χ2n) is 6.62. The van der Waals surface area contributed by atoms with Gasteiger partial charge in [0.05, 0.1) is 0 Å². The van der Waals surface area contributed by atoms with Gasteiger partial charge in [-0.15, -0.1) is 0 Å². The summed E-state index contributed by atoms with van der Waals surface area (Å²) in [6.45, 7) is 7.14. The number of hydrogen-bond donors (Lipinski definition) is 1. The second-order valence-corrected chi connectivity index (χ2v) is 6.62. The van der Waals surface area contributed by atoms with Crippen molar-refractivity contribution in [1.29, 1.82) is 0 Å². The molecule has 18 heavy (non-hydrogen) atoms. The quantitative estimate of drug-likeness (QED) is 0.808. The smallest absolute Gasteiger partial charge is 0.0118 e. The van der Waals surface area contributed by atoms with Gasteiger partial charge in [-0.05, 0) is 51.1 Å². The number of nitrogens with one attached hydrogen (secondary N) is 1. The van der Waals surface area contributed by atoms with Crippen LogP contribution in [0.5, 0.6) is 0 Å². The summed E-state index contributed by atoms with van der Waals surface area (Å²) in [7, 11) is 2.37. The van der Waals surface area contributed by atoms with Crippen LogP contribution in [-0.4, -0.2) is 37.1 Å². The molecule has 0 bridgehead atoms. The minimum absolute atomic E-state index is 0.788. The minimum atomic E-state index is 0.788. The zero-order chi connectivity index (χ0) is 13.0. The minimum Gasteiger partial charge on any atom is -0.314 e. The van der Waals surface area contributed by atoms with Gasteiger partial charge < -0.3 is 10.2 Å². The van der Waals surface area contributed by atoms with Crippen molar-refractivity contribution >= 4 is 0 Å². The lowest BCUT2D eigenvalue weighted by molar-refractivity contribution is 0.116. The van der Waals surface area contributed by atoms with Crippen molar-refractivity contribution in [2.75, 3.05) is 20.1 Å². The van der Waals surface area contributed by atoms with Crippen LogP contribution in [0.1, 0.15) is 58.8 Å². The Hall–Kier alpha value is -0.0800. The van der Waals surface area contributed by atoms with Gasteiger partial charge in [0.15, 0.2) is 0 Å². The Balaban J connectivity index is 1.83. The predicted octanol–water partition coefficient (Wildman–Crippen LogP) is 3.28. The van der Waals surface area contributed by atoms with Crippen molar-refractivity contribution in [1.82, 2.24) is 10.2 Å². The lowest BCUT2D eigenvalue weighted by Crippen LogP contribution is -2.44. The Kier molecular flexibility index (Phi) is 5.50. The Morgan fingerprint density at radius 2 is 1.83 bits per heavy atom. The van der Waals surface area contributed by atoms with Crippen LogP contribution in [0.25, 0.3) is 0 Å². The van der Waals surface area contributed by atoms with Crippen LogP contribution in [-0.2, 0) is 0 Å². The molecule has 2 saturated carbocycles. The average Bonchev–Trinajstić information content (AvgIpc) is 2.78. The topological polar surface area (TPSA) is 15.3 Å². The molecule has 0 aromatic heterocycles. The Bertz CT molecular complexity index is 241. The molecule has 4 atom stereocenters. The van der Waals surface area contributed by atoms with E-state index >= 15 is 0 Å². The van der Waals surface area contributed by atoms with E-state index in [1.54, 1.807) is 0 Å². The van der Waals surface area contributed by atoms with Gasteiger partial charge in [-0.1, -0.05) is 33.1 Å². The van der Waals surface area contributed by atoms with Crippen LogP contribution in [0.3, 0.4) is 0 Å². The van der Waals surface area contributed by atoms with Crippen molar-refractivity contribution in [2.24, 2.45) is 11.8 Å². The maximum atomic E-state index is 3.69. The van der Waals surface area contributed by atoms with Gasteiger partial charge in [0.1, 0.15) is 0 Å². The van der Waals surface area contributed by atoms with E-state index < -0.39 is 0 Å². The molecule has 0 saturated heterocycles. The zero-order valence-electron chi connectivity index (χ0n) is 12.6.